The van der Waals surface area contributed by atoms with E-state index in [-0.39, 0.29) is 0 Å². The summed E-state index contributed by atoms with van der Waals surface area (Å²) in [6.07, 6.45) is 0. The second-order valence-corrected chi connectivity index (χ2v) is 5.61. The maximum atomic E-state index is 5.60. The van der Waals surface area contributed by atoms with Gasteiger partial charge in [-0.2, -0.15) is 11.3 Å². The SMILES string of the molecule is CCOc1cc(CNC(=NC)NCc2ccsc2)ccc1OC. The summed E-state index contributed by atoms with van der Waals surface area (Å²) in [5, 5.41) is 10.8. The molecule has 124 valence electrons. The average Bonchev–Trinajstić information content (AvgIpc) is 3.09. The van der Waals surface area contributed by atoms with E-state index in [2.05, 4.69) is 32.5 Å². The van der Waals surface area contributed by atoms with Gasteiger partial charge in [-0.1, -0.05) is 6.07 Å². The molecular weight excluding hydrogens is 310 g/mol. The standard InChI is InChI=1S/C17H23N3O2S/c1-4-22-16-9-13(5-6-15(16)21-3)10-19-17(18-2)20-11-14-7-8-23-12-14/h5-9,12H,4,10-11H2,1-3H3,(H2,18,19,20). The van der Waals surface area contributed by atoms with Gasteiger partial charge in [0.05, 0.1) is 13.7 Å². The molecule has 2 rings (SSSR count). The van der Waals surface area contributed by atoms with E-state index >= 15 is 0 Å². The number of ether oxygens (including phenoxy) is 2. The molecule has 6 heteroatoms. The number of guanidine groups is 1. The van der Waals surface area contributed by atoms with Crippen molar-refractivity contribution in [2.24, 2.45) is 4.99 Å². The molecule has 1 heterocycles. The minimum Gasteiger partial charge on any atom is -0.493 e. The Kier molecular flexibility index (Phi) is 6.75. The Bertz CT molecular complexity index is 627. The second kappa shape index (κ2) is 9.05. The Balaban J connectivity index is 1.91. The number of nitrogens with one attached hydrogen (secondary N) is 2. The molecular formula is C17H23N3O2S. The van der Waals surface area contributed by atoms with Crippen molar-refractivity contribution in [3.63, 3.8) is 0 Å². The van der Waals surface area contributed by atoms with Gasteiger partial charge in [-0.05, 0) is 47.0 Å². The third-order valence-corrected chi connectivity index (χ3v) is 3.98. The molecule has 0 fully saturated rings. The van der Waals surface area contributed by atoms with E-state index in [1.54, 1.807) is 25.5 Å². The molecule has 0 saturated carbocycles. The van der Waals surface area contributed by atoms with E-state index in [9.17, 15) is 0 Å². The van der Waals surface area contributed by atoms with Crippen LogP contribution in [-0.4, -0.2) is 26.7 Å². The summed E-state index contributed by atoms with van der Waals surface area (Å²) in [6, 6.07) is 8.02. The third kappa shape index (κ3) is 5.17. The van der Waals surface area contributed by atoms with Crippen molar-refractivity contribution < 1.29 is 9.47 Å². The molecule has 0 bridgehead atoms. The average molecular weight is 333 g/mol. The van der Waals surface area contributed by atoms with Crippen LogP contribution in [0.2, 0.25) is 0 Å². The van der Waals surface area contributed by atoms with E-state index in [0.717, 1.165) is 29.6 Å². The molecule has 2 N–H and O–H groups in total. The molecule has 1 aromatic heterocycles. The highest BCUT2D eigenvalue weighted by Crippen LogP contribution is 2.27. The number of rotatable bonds is 7. The van der Waals surface area contributed by atoms with Gasteiger partial charge >= 0.3 is 0 Å². The second-order valence-electron chi connectivity index (χ2n) is 4.83. The first-order chi connectivity index (χ1) is 11.3. The van der Waals surface area contributed by atoms with Crippen molar-refractivity contribution in [3.05, 3.63) is 46.2 Å². The third-order valence-electron chi connectivity index (χ3n) is 3.25. The van der Waals surface area contributed by atoms with Crippen molar-refractivity contribution in [2.75, 3.05) is 20.8 Å². The fourth-order valence-electron chi connectivity index (χ4n) is 2.08. The van der Waals surface area contributed by atoms with E-state index < -0.39 is 0 Å². The van der Waals surface area contributed by atoms with Crippen molar-refractivity contribution in [1.29, 1.82) is 0 Å². The lowest BCUT2D eigenvalue weighted by Crippen LogP contribution is -2.36. The van der Waals surface area contributed by atoms with E-state index in [1.165, 1.54) is 5.56 Å². The van der Waals surface area contributed by atoms with Crippen LogP contribution in [0, 0.1) is 0 Å². The summed E-state index contributed by atoms with van der Waals surface area (Å²) in [5.41, 5.74) is 2.36. The highest BCUT2D eigenvalue weighted by molar-refractivity contribution is 7.07. The van der Waals surface area contributed by atoms with Crippen LogP contribution in [0.4, 0.5) is 0 Å². The molecule has 0 atom stereocenters. The van der Waals surface area contributed by atoms with Gasteiger partial charge in [0, 0.05) is 20.1 Å². The molecule has 0 aliphatic rings. The van der Waals surface area contributed by atoms with Crippen LogP contribution in [0.25, 0.3) is 0 Å². The van der Waals surface area contributed by atoms with Crippen molar-refractivity contribution in [3.8, 4) is 11.5 Å². The van der Waals surface area contributed by atoms with Gasteiger partial charge in [-0.25, -0.2) is 0 Å². The Hall–Kier alpha value is -2.21. The molecule has 0 radical (unpaired) electrons. The number of hydrogen-bond acceptors (Lipinski definition) is 4. The normalized spacial score (nSPS) is 11.2. The zero-order valence-electron chi connectivity index (χ0n) is 13.8. The van der Waals surface area contributed by atoms with E-state index in [0.29, 0.717) is 13.2 Å². The zero-order chi connectivity index (χ0) is 16.5. The Morgan fingerprint density at radius 2 is 1.91 bits per heavy atom. The van der Waals surface area contributed by atoms with Crippen LogP contribution in [0.1, 0.15) is 18.1 Å². The number of methoxy groups -OCH3 is 1. The number of hydrogen-bond donors (Lipinski definition) is 2. The number of nitrogens with zero attached hydrogens (tertiary/aromatic N) is 1. The zero-order valence-corrected chi connectivity index (χ0v) is 14.6. The molecule has 23 heavy (non-hydrogen) atoms. The molecule has 0 unspecified atom stereocenters. The summed E-state index contributed by atoms with van der Waals surface area (Å²) in [5.74, 6) is 2.27. The highest BCUT2D eigenvalue weighted by atomic mass is 32.1. The summed E-state index contributed by atoms with van der Waals surface area (Å²) < 4.78 is 10.9. The molecule has 0 amide bonds. The summed E-state index contributed by atoms with van der Waals surface area (Å²) >= 11 is 1.69. The van der Waals surface area contributed by atoms with Crippen molar-refractivity contribution >= 4 is 17.3 Å². The Morgan fingerprint density at radius 3 is 2.52 bits per heavy atom. The first-order valence-electron chi connectivity index (χ1n) is 7.52. The van der Waals surface area contributed by atoms with Crippen LogP contribution in [-0.2, 0) is 13.1 Å². The van der Waals surface area contributed by atoms with Gasteiger partial charge in [0.1, 0.15) is 0 Å². The minimum absolute atomic E-state index is 0.608. The number of thiophene rings is 1. The van der Waals surface area contributed by atoms with Gasteiger partial charge in [0.15, 0.2) is 17.5 Å². The summed E-state index contributed by atoms with van der Waals surface area (Å²) in [7, 11) is 3.41. The molecule has 0 saturated heterocycles. The highest BCUT2D eigenvalue weighted by Gasteiger charge is 2.06. The molecule has 5 nitrogen and oxygen atoms in total. The fraction of sp³-hybridized carbons (Fsp3) is 0.353. The first kappa shape index (κ1) is 17.1. The Morgan fingerprint density at radius 1 is 1.13 bits per heavy atom. The van der Waals surface area contributed by atoms with Gasteiger partial charge in [0.25, 0.3) is 0 Å². The first-order valence-corrected chi connectivity index (χ1v) is 8.46. The largest absolute Gasteiger partial charge is 0.493 e. The lowest BCUT2D eigenvalue weighted by atomic mass is 10.2. The molecule has 0 aliphatic heterocycles. The van der Waals surface area contributed by atoms with Crippen molar-refractivity contribution in [2.45, 2.75) is 20.0 Å². The van der Waals surface area contributed by atoms with E-state index in [1.807, 2.05) is 25.1 Å². The van der Waals surface area contributed by atoms with Crippen LogP contribution in [0.3, 0.4) is 0 Å². The van der Waals surface area contributed by atoms with Gasteiger partial charge < -0.3 is 20.1 Å². The van der Waals surface area contributed by atoms with Gasteiger partial charge in [-0.15, -0.1) is 0 Å². The topological polar surface area (TPSA) is 54.9 Å². The van der Waals surface area contributed by atoms with E-state index in [4.69, 9.17) is 9.47 Å². The molecule has 2 aromatic rings. The lowest BCUT2D eigenvalue weighted by Gasteiger charge is -2.14. The van der Waals surface area contributed by atoms with Gasteiger partial charge in [0.2, 0.25) is 0 Å². The Labute approximate surface area is 141 Å². The molecule has 0 spiro atoms. The van der Waals surface area contributed by atoms with Crippen LogP contribution in [0.15, 0.2) is 40.0 Å². The van der Waals surface area contributed by atoms with Crippen LogP contribution < -0.4 is 20.1 Å². The predicted octanol–water partition coefficient (Wildman–Crippen LogP) is 3.02. The number of benzene rings is 1. The quantitative estimate of drug-likeness (QED) is 0.604. The minimum atomic E-state index is 0.608. The van der Waals surface area contributed by atoms with Crippen LogP contribution in [0.5, 0.6) is 11.5 Å². The van der Waals surface area contributed by atoms with Crippen molar-refractivity contribution in [1.82, 2.24) is 10.6 Å². The smallest absolute Gasteiger partial charge is 0.191 e. The molecule has 1 aromatic carbocycles. The summed E-state index contributed by atoms with van der Waals surface area (Å²) in [4.78, 5) is 4.24. The van der Waals surface area contributed by atoms with Gasteiger partial charge in [-0.3, -0.25) is 4.99 Å². The monoisotopic (exact) mass is 333 g/mol. The maximum absolute atomic E-state index is 5.60. The van der Waals surface area contributed by atoms with Crippen LogP contribution >= 0.6 is 11.3 Å². The fourth-order valence-corrected chi connectivity index (χ4v) is 2.75. The maximum Gasteiger partial charge on any atom is 0.191 e. The number of aliphatic imine (C=N–C) groups is 1. The molecule has 0 aliphatic carbocycles. The lowest BCUT2D eigenvalue weighted by molar-refractivity contribution is 0.310. The summed E-state index contributed by atoms with van der Waals surface area (Å²) in [6.45, 7) is 3.99. The predicted molar refractivity (Wildman–Crippen MR) is 95.5 cm³/mol.